The molecular weight excluding hydrogens is 461 g/mol. The van der Waals surface area contributed by atoms with E-state index in [2.05, 4.69) is 30.7 Å². The Morgan fingerprint density at radius 1 is 1.07 bits per heavy atom. The van der Waals surface area contributed by atoms with E-state index in [4.69, 9.17) is 0 Å². The van der Waals surface area contributed by atoms with Crippen molar-refractivity contribution in [3.63, 3.8) is 0 Å². The second-order valence-electron chi connectivity index (χ2n) is 6.54. The van der Waals surface area contributed by atoms with Crippen LogP contribution in [0.3, 0.4) is 0 Å². The van der Waals surface area contributed by atoms with Gasteiger partial charge in [-0.2, -0.15) is 0 Å². The van der Waals surface area contributed by atoms with Gasteiger partial charge in [0.2, 0.25) is 24.6 Å². The van der Waals surface area contributed by atoms with E-state index in [-0.39, 0.29) is 64.0 Å². The Balaban J connectivity index is -0.000000411. The first-order chi connectivity index (χ1) is 13.4. The summed E-state index contributed by atoms with van der Waals surface area (Å²) in [4.78, 5) is 45.3. The number of hydrogen-bond acceptors (Lipinski definition) is 4. The Morgan fingerprint density at radius 3 is 1.97 bits per heavy atom. The molecule has 2 unspecified atom stereocenters. The number of amides is 4. The Hall–Kier alpha value is -1.54. The van der Waals surface area contributed by atoms with E-state index in [9.17, 15) is 19.2 Å². The van der Waals surface area contributed by atoms with Gasteiger partial charge in [-0.1, -0.05) is 27.5 Å². The molecule has 8 nitrogen and oxygen atoms in total. The van der Waals surface area contributed by atoms with Gasteiger partial charge in [-0.25, -0.2) is 0 Å². The molecule has 0 aromatic rings. The van der Waals surface area contributed by atoms with Crippen LogP contribution in [-0.4, -0.2) is 59.6 Å². The van der Waals surface area contributed by atoms with Crippen LogP contribution in [0.2, 0.25) is 0 Å². The van der Waals surface area contributed by atoms with Gasteiger partial charge in [-0.05, 0) is 45.0 Å². The van der Waals surface area contributed by atoms with Gasteiger partial charge in [-0.15, -0.1) is 0 Å². The molecule has 2 fully saturated rings. The molecule has 0 saturated carbocycles. The van der Waals surface area contributed by atoms with Gasteiger partial charge in [0.25, 0.3) is 0 Å². The van der Waals surface area contributed by atoms with E-state index in [1.54, 1.807) is 11.1 Å². The van der Waals surface area contributed by atoms with Crippen molar-refractivity contribution in [2.75, 3.05) is 13.1 Å². The number of hydrogen-bond donors (Lipinski definition) is 2. The van der Waals surface area contributed by atoms with E-state index in [1.807, 2.05) is 11.8 Å². The Bertz CT molecular complexity index is 525. The predicted octanol–water partition coefficient (Wildman–Crippen LogP) is 2.17. The molecule has 2 rings (SSSR count). The molecule has 0 spiro atoms. The molecule has 2 aliphatic heterocycles. The molecule has 2 atom stereocenters. The SMILES string of the molecule is C.C=CN1CCCC1=O.C=CNC=O.CCC(CC(C)NC=O)N1CCCC1=O.[Y]. The summed E-state index contributed by atoms with van der Waals surface area (Å²) in [6.45, 7) is 12.5. The van der Waals surface area contributed by atoms with Crippen LogP contribution in [0.5, 0.6) is 0 Å². The topological polar surface area (TPSA) is 98.8 Å². The monoisotopic (exact) mass is 499 g/mol. The zero-order chi connectivity index (χ0) is 21.4. The average Bonchev–Trinajstić information content (AvgIpc) is 3.29. The van der Waals surface area contributed by atoms with Gasteiger partial charge in [-0.3, -0.25) is 19.2 Å². The minimum absolute atomic E-state index is 0. The molecule has 2 aliphatic rings. The van der Waals surface area contributed by atoms with Crippen LogP contribution < -0.4 is 10.6 Å². The summed E-state index contributed by atoms with van der Waals surface area (Å²) in [6, 6.07) is 0.420. The molecule has 2 N–H and O–H groups in total. The summed E-state index contributed by atoms with van der Waals surface area (Å²) in [6.07, 6.45) is 9.35. The van der Waals surface area contributed by atoms with Gasteiger partial charge >= 0.3 is 0 Å². The third-order valence-electron chi connectivity index (χ3n) is 4.52. The van der Waals surface area contributed by atoms with Crippen LogP contribution in [-0.2, 0) is 51.9 Å². The van der Waals surface area contributed by atoms with Crippen molar-refractivity contribution in [3.05, 3.63) is 25.6 Å². The van der Waals surface area contributed by atoms with E-state index >= 15 is 0 Å². The maximum absolute atomic E-state index is 11.5. The maximum Gasteiger partial charge on any atom is 0.226 e. The first-order valence-corrected chi connectivity index (χ1v) is 9.66. The standard InChI is InChI=1S/C11H20N2O2.C6H9NO.C3H5NO.CH4.Y/c1-3-10(7-9(2)12-8-14)13-6-4-5-11(13)15;1-2-7-5-3-4-6(7)8;1-2-4-3-5;;/h8-10H,3-7H2,1-2H3,(H,12,14);2H,1,3-5H2;2-3H,1H2,(H,4,5);1H4;. The Labute approximate surface area is 206 Å². The maximum atomic E-state index is 11.5. The van der Waals surface area contributed by atoms with Crippen LogP contribution in [0.4, 0.5) is 0 Å². The molecule has 2 heterocycles. The number of rotatable bonds is 9. The van der Waals surface area contributed by atoms with Crippen LogP contribution in [0.1, 0.15) is 59.8 Å². The molecule has 169 valence electrons. The third kappa shape index (κ3) is 13.6. The number of nitrogens with one attached hydrogen (secondary N) is 2. The molecule has 0 aromatic heterocycles. The second kappa shape index (κ2) is 20.7. The van der Waals surface area contributed by atoms with Crippen LogP contribution in [0.15, 0.2) is 25.6 Å². The third-order valence-corrected chi connectivity index (χ3v) is 4.52. The van der Waals surface area contributed by atoms with Gasteiger partial charge < -0.3 is 20.4 Å². The van der Waals surface area contributed by atoms with Gasteiger partial charge in [0, 0.05) is 70.7 Å². The van der Waals surface area contributed by atoms with E-state index in [0.29, 0.717) is 19.3 Å². The van der Waals surface area contributed by atoms with Crippen molar-refractivity contribution in [1.82, 2.24) is 20.4 Å². The summed E-state index contributed by atoms with van der Waals surface area (Å²) in [5.41, 5.74) is 0. The van der Waals surface area contributed by atoms with Gasteiger partial charge in [0.15, 0.2) is 0 Å². The number of likely N-dealkylation sites (tertiary alicyclic amines) is 2. The fraction of sp³-hybridized carbons (Fsp3) is 0.619. The fourth-order valence-electron chi connectivity index (χ4n) is 3.07. The normalized spacial score (nSPS) is 16.2. The molecule has 4 amide bonds. The van der Waals surface area contributed by atoms with Crippen molar-refractivity contribution < 1.29 is 51.9 Å². The molecule has 30 heavy (non-hydrogen) atoms. The van der Waals surface area contributed by atoms with E-state index < -0.39 is 0 Å². The Kier molecular flexibility index (Phi) is 22.9. The summed E-state index contributed by atoms with van der Waals surface area (Å²) < 4.78 is 0. The number of carbonyl (C=O) groups is 4. The van der Waals surface area contributed by atoms with Crippen molar-refractivity contribution >= 4 is 24.6 Å². The first-order valence-electron chi connectivity index (χ1n) is 9.66. The number of nitrogens with zero attached hydrogens (tertiary/aromatic N) is 2. The first kappa shape index (κ1) is 33.1. The number of carbonyl (C=O) groups excluding carboxylic acids is 4. The summed E-state index contributed by atoms with van der Waals surface area (Å²) >= 11 is 0. The smallest absolute Gasteiger partial charge is 0.226 e. The molecule has 2 saturated heterocycles. The molecule has 1 radical (unpaired) electrons. The van der Waals surface area contributed by atoms with Crippen molar-refractivity contribution in [3.8, 4) is 0 Å². The average molecular weight is 499 g/mol. The largest absolute Gasteiger partial charge is 0.356 e. The van der Waals surface area contributed by atoms with Crippen LogP contribution in [0.25, 0.3) is 0 Å². The fourth-order valence-corrected chi connectivity index (χ4v) is 3.07. The molecular formula is C21H38N4O4Y. The second-order valence-corrected chi connectivity index (χ2v) is 6.54. The van der Waals surface area contributed by atoms with E-state index in [1.165, 1.54) is 6.20 Å². The Morgan fingerprint density at radius 2 is 1.67 bits per heavy atom. The van der Waals surface area contributed by atoms with Gasteiger partial charge in [0.1, 0.15) is 0 Å². The van der Waals surface area contributed by atoms with Crippen molar-refractivity contribution in [2.24, 2.45) is 0 Å². The quantitative estimate of drug-likeness (QED) is 0.475. The van der Waals surface area contributed by atoms with Crippen LogP contribution >= 0.6 is 0 Å². The predicted molar refractivity (Wildman–Crippen MR) is 116 cm³/mol. The minimum Gasteiger partial charge on any atom is -0.356 e. The molecule has 0 aliphatic carbocycles. The van der Waals surface area contributed by atoms with Crippen LogP contribution in [0, 0.1) is 0 Å². The van der Waals surface area contributed by atoms with Crippen molar-refractivity contribution in [1.29, 1.82) is 0 Å². The summed E-state index contributed by atoms with van der Waals surface area (Å²) in [5, 5.41) is 4.92. The minimum atomic E-state index is 0. The molecule has 0 bridgehead atoms. The zero-order valence-electron chi connectivity index (χ0n) is 17.6. The summed E-state index contributed by atoms with van der Waals surface area (Å²) in [5.74, 6) is 0.472. The van der Waals surface area contributed by atoms with Crippen molar-refractivity contribution in [2.45, 2.75) is 71.9 Å². The molecule has 0 aromatic carbocycles. The zero-order valence-corrected chi connectivity index (χ0v) is 20.5. The van der Waals surface area contributed by atoms with E-state index in [0.717, 1.165) is 45.2 Å². The summed E-state index contributed by atoms with van der Waals surface area (Å²) in [7, 11) is 0. The van der Waals surface area contributed by atoms with Gasteiger partial charge in [0.05, 0.1) is 0 Å². The molecule has 9 heteroatoms.